The molecule has 0 spiro atoms. The maximum absolute atomic E-state index is 9.47. The number of hydrogen-bond acceptors (Lipinski definition) is 1. The molecule has 0 aliphatic carbocycles. The fourth-order valence-corrected chi connectivity index (χ4v) is 8.55. The molecule has 0 aliphatic heterocycles. The highest BCUT2D eigenvalue weighted by atomic mass is 16.3. The van der Waals surface area contributed by atoms with Gasteiger partial charge in [0.25, 0.3) is 0 Å². The van der Waals surface area contributed by atoms with Crippen molar-refractivity contribution in [1.82, 2.24) is 0 Å². The third-order valence-electron chi connectivity index (χ3n) is 11.2. The van der Waals surface area contributed by atoms with Crippen LogP contribution in [0.2, 0.25) is 0 Å². The molecule has 0 amide bonds. The molecule has 0 unspecified atom stereocenters. The standard InChI is InChI=1S/C54H38O/c1-54(2,3)39-27-29-47-49(32-39)55-48-30-26-37-31-38(25-28-42(37)53(47)48)52-45-16-8-6-14-43(45)51(44-15-7-9-17-46(44)52)36-23-20-34(21-24-36)41-18-10-12-35-22-19-33-11-4-5-13-40(33)50(35)41/h4-32H,1-3H3/i6D,7D,8D,9D,14D,15D,16D,17D. The maximum Gasteiger partial charge on any atom is 0.136 e. The zero-order valence-corrected chi connectivity index (χ0v) is 30.5. The summed E-state index contributed by atoms with van der Waals surface area (Å²) in [5, 5.41) is 8.87. The number of benzene rings is 10. The first kappa shape index (κ1) is 24.6. The predicted octanol–water partition coefficient (Wildman–Crippen LogP) is 15.7. The van der Waals surface area contributed by atoms with Gasteiger partial charge in [-0.1, -0.05) is 178 Å². The third kappa shape index (κ3) is 4.93. The van der Waals surface area contributed by atoms with E-state index in [-0.39, 0.29) is 51.1 Å². The molecule has 11 aromatic rings. The van der Waals surface area contributed by atoms with Gasteiger partial charge < -0.3 is 4.42 Å². The summed E-state index contributed by atoms with van der Waals surface area (Å²) in [5.74, 6) is 0. The van der Waals surface area contributed by atoms with Crippen LogP contribution in [0.1, 0.15) is 37.3 Å². The lowest BCUT2D eigenvalue weighted by Crippen LogP contribution is -2.10. The van der Waals surface area contributed by atoms with E-state index in [2.05, 4.69) is 75.4 Å². The lowest BCUT2D eigenvalue weighted by Gasteiger charge is -2.18. The minimum atomic E-state index is -0.430. The lowest BCUT2D eigenvalue weighted by atomic mass is 9.85. The fourth-order valence-electron chi connectivity index (χ4n) is 8.55. The molecule has 0 saturated heterocycles. The normalized spacial score (nSPS) is 14.3. The van der Waals surface area contributed by atoms with Gasteiger partial charge in [0.15, 0.2) is 0 Å². The van der Waals surface area contributed by atoms with Crippen molar-refractivity contribution >= 4 is 75.8 Å². The van der Waals surface area contributed by atoms with E-state index < -0.39 is 24.2 Å². The third-order valence-corrected chi connectivity index (χ3v) is 11.2. The molecule has 0 radical (unpaired) electrons. The van der Waals surface area contributed by atoms with Crippen LogP contribution >= 0.6 is 0 Å². The first-order chi connectivity index (χ1) is 30.2. The number of fused-ring (bicyclic) bond motifs is 10. The molecular weight excluding hydrogens is 665 g/mol. The van der Waals surface area contributed by atoms with Gasteiger partial charge in [-0.25, -0.2) is 0 Å². The van der Waals surface area contributed by atoms with Crippen molar-refractivity contribution in [3.8, 4) is 33.4 Å². The summed E-state index contributed by atoms with van der Waals surface area (Å²) in [7, 11) is 0. The highest BCUT2D eigenvalue weighted by Crippen LogP contribution is 2.46. The second-order valence-electron chi connectivity index (χ2n) is 15.5. The van der Waals surface area contributed by atoms with Crippen LogP contribution in [-0.2, 0) is 5.41 Å². The van der Waals surface area contributed by atoms with E-state index in [1.54, 1.807) is 0 Å². The predicted molar refractivity (Wildman–Crippen MR) is 236 cm³/mol. The Labute approximate surface area is 331 Å². The van der Waals surface area contributed by atoms with Gasteiger partial charge in [-0.15, -0.1) is 0 Å². The van der Waals surface area contributed by atoms with Crippen molar-refractivity contribution in [2.75, 3.05) is 0 Å². The fraction of sp³-hybridized carbons (Fsp3) is 0.0741. The van der Waals surface area contributed by atoms with Crippen LogP contribution in [0.5, 0.6) is 0 Å². The van der Waals surface area contributed by atoms with E-state index in [4.69, 9.17) is 9.90 Å². The second-order valence-corrected chi connectivity index (χ2v) is 15.5. The molecular formula is C54H38O. The van der Waals surface area contributed by atoms with Gasteiger partial charge in [-0.3, -0.25) is 0 Å². The van der Waals surface area contributed by atoms with Gasteiger partial charge in [-0.05, 0) is 116 Å². The minimum absolute atomic E-state index is 0.0631. The Bertz CT molecular complexity index is 3720. The molecule has 260 valence electrons. The summed E-state index contributed by atoms with van der Waals surface area (Å²) in [4.78, 5) is 0. The molecule has 0 saturated carbocycles. The molecule has 1 aromatic heterocycles. The molecule has 0 aliphatic rings. The molecule has 0 bridgehead atoms. The Hall–Kier alpha value is -6.70. The van der Waals surface area contributed by atoms with Crippen LogP contribution in [0.25, 0.3) is 109 Å². The molecule has 0 N–H and O–H groups in total. The highest BCUT2D eigenvalue weighted by molar-refractivity contribution is 6.23. The Kier molecular flexibility index (Phi) is 5.32. The van der Waals surface area contributed by atoms with E-state index in [9.17, 15) is 5.48 Å². The van der Waals surface area contributed by atoms with E-state index in [1.165, 1.54) is 0 Å². The first-order valence-electron chi connectivity index (χ1n) is 22.6. The largest absolute Gasteiger partial charge is 0.456 e. The average molecular weight is 711 g/mol. The van der Waals surface area contributed by atoms with Gasteiger partial charge in [0.2, 0.25) is 0 Å². The Balaban J connectivity index is 1.20. The molecule has 1 heteroatoms. The summed E-state index contributed by atoms with van der Waals surface area (Å²) in [5.41, 5.74) is 6.32. The summed E-state index contributed by atoms with van der Waals surface area (Å²) in [6.45, 7) is 6.50. The zero-order valence-electron chi connectivity index (χ0n) is 38.5. The van der Waals surface area contributed by atoms with Crippen LogP contribution in [0, 0.1) is 0 Å². The zero-order chi connectivity index (χ0) is 43.8. The monoisotopic (exact) mass is 710 g/mol. The molecule has 0 fully saturated rings. The van der Waals surface area contributed by atoms with Gasteiger partial charge in [0, 0.05) is 10.8 Å². The summed E-state index contributed by atoms with van der Waals surface area (Å²) < 4.78 is 79.8. The van der Waals surface area contributed by atoms with Gasteiger partial charge >= 0.3 is 0 Å². The second kappa shape index (κ2) is 11.9. The van der Waals surface area contributed by atoms with Gasteiger partial charge in [0.1, 0.15) is 11.2 Å². The van der Waals surface area contributed by atoms with Crippen molar-refractivity contribution in [3.63, 3.8) is 0 Å². The van der Waals surface area contributed by atoms with Crippen molar-refractivity contribution in [2.45, 2.75) is 26.2 Å². The van der Waals surface area contributed by atoms with Crippen LogP contribution in [0.4, 0.5) is 0 Å². The van der Waals surface area contributed by atoms with Crippen molar-refractivity contribution in [3.05, 3.63) is 181 Å². The molecule has 55 heavy (non-hydrogen) atoms. The lowest BCUT2D eigenvalue weighted by molar-refractivity contribution is 0.587. The average Bonchev–Trinajstić information content (AvgIpc) is 3.68. The summed E-state index contributed by atoms with van der Waals surface area (Å²) >= 11 is 0. The van der Waals surface area contributed by atoms with Crippen LogP contribution in [0.15, 0.2) is 180 Å². The van der Waals surface area contributed by atoms with E-state index in [0.717, 1.165) is 70.9 Å². The quantitative estimate of drug-likeness (QED) is 0.131. The molecule has 11 rings (SSSR count). The highest BCUT2D eigenvalue weighted by Gasteiger charge is 2.20. The molecule has 10 aromatic carbocycles. The summed E-state index contributed by atoms with van der Waals surface area (Å²) in [6.07, 6.45) is 0. The van der Waals surface area contributed by atoms with E-state index in [0.29, 0.717) is 22.3 Å². The van der Waals surface area contributed by atoms with Crippen LogP contribution in [-0.4, -0.2) is 0 Å². The smallest absolute Gasteiger partial charge is 0.136 e. The number of rotatable bonds is 3. The SMILES string of the molecule is [2H]c1c([2H])c([2H])c2c(-c3ccc4c(ccc5oc6cc(C(C)(C)C)ccc6c54)c3)c3c([2H])c([2H])c([2H])c([2H])c3c(-c3ccc(-c4cccc5ccc6ccccc6c45)cc3)c2c1[2H]. The number of furan rings is 1. The topological polar surface area (TPSA) is 13.1 Å². The minimum Gasteiger partial charge on any atom is -0.456 e. The van der Waals surface area contributed by atoms with E-state index >= 15 is 0 Å². The first-order valence-corrected chi connectivity index (χ1v) is 18.6. The van der Waals surface area contributed by atoms with Crippen molar-refractivity contribution in [1.29, 1.82) is 0 Å². The van der Waals surface area contributed by atoms with E-state index in [1.807, 2.05) is 72.8 Å². The van der Waals surface area contributed by atoms with Gasteiger partial charge in [0.05, 0.1) is 11.0 Å². The van der Waals surface area contributed by atoms with Crippen molar-refractivity contribution < 1.29 is 15.4 Å². The Morgan fingerprint density at radius 1 is 0.418 bits per heavy atom. The molecule has 1 heterocycles. The maximum atomic E-state index is 9.47. The number of hydrogen-bond donors (Lipinski definition) is 0. The molecule has 0 atom stereocenters. The van der Waals surface area contributed by atoms with Crippen LogP contribution in [0.3, 0.4) is 0 Å². The van der Waals surface area contributed by atoms with Gasteiger partial charge in [-0.2, -0.15) is 0 Å². The Morgan fingerprint density at radius 3 is 1.73 bits per heavy atom. The van der Waals surface area contributed by atoms with Crippen molar-refractivity contribution in [2.24, 2.45) is 0 Å². The Morgan fingerprint density at radius 2 is 1.00 bits per heavy atom. The van der Waals surface area contributed by atoms with Crippen LogP contribution < -0.4 is 0 Å². The molecule has 1 nitrogen and oxygen atoms in total. The summed E-state index contributed by atoms with van der Waals surface area (Å²) in [6, 6.07) is 39.6.